The summed E-state index contributed by atoms with van der Waals surface area (Å²) in [5.74, 6) is 1.42. The molecule has 2 aliphatic rings. The predicted octanol–water partition coefficient (Wildman–Crippen LogP) is 6.40. The summed E-state index contributed by atoms with van der Waals surface area (Å²) >= 11 is 0. The van der Waals surface area contributed by atoms with Crippen LogP contribution in [0.5, 0.6) is 0 Å². The van der Waals surface area contributed by atoms with Crippen molar-refractivity contribution in [3.05, 3.63) is 24.3 Å². The van der Waals surface area contributed by atoms with Crippen LogP contribution in [-0.4, -0.2) is 48.6 Å². The van der Waals surface area contributed by atoms with E-state index in [1.807, 2.05) is 6.92 Å². The van der Waals surface area contributed by atoms with Crippen LogP contribution in [0.4, 0.5) is 0 Å². The topological polar surface area (TPSA) is 93.1 Å². The Morgan fingerprint density at radius 3 is 1.89 bits per heavy atom. The van der Waals surface area contributed by atoms with Crippen molar-refractivity contribution in [2.24, 2.45) is 35.0 Å². The van der Waals surface area contributed by atoms with Gasteiger partial charge in [-0.15, -0.1) is 0 Å². The fourth-order valence-electron chi connectivity index (χ4n) is 6.50. The average Bonchev–Trinajstić information content (AvgIpc) is 2.93. The van der Waals surface area contributed by atoms with E-state index in [9.17, 15) is 19.8 Å². The molecule has 2 N–H and O–H groups in total. The van der Waals surface area contributed by atoms with Gasteiger partial charge in [0.05, 0.1) is 0 Å². The molecule has 0 aromatic carbocycles. The zero-order valence-electron chi connectivity index (χ0n) is 24.3. The van der Waals surface area contributed by atoms with E-state index in [2.05, 4.69) is 20.1 Å². The molecular formula is C32H54O6. The Morgan fingerprint density at radius 1 is 0.868 bits per heavy atom. The Morgan fingerprint density at radius 2 is 1.39 bits per heavy atom. The first-order chi connectivity index (χ1) is 18.1. The fraction of sp³-hybridized carbons (Fsp3) is 0.812. The number of esters is 2. The van der Waals surface area contributed by atoms with E-state index in [-0.39, 0.29) is 44.3 Å². The molecule has 0 radical (unpaired) electrons. The van der Waals surface area contributed by atoms with Crippen LogP contribution in [0.15, 0.2) is 24.3 Å². The molecule has 1 atom stereocenters. The molecule has 0 aromatic heterocycles. The Hall–Kier alpha value is -1.66. The van der Waals surface area contributed by atoms with Gasteiger partial charge in [-0.3, -0.25) is 0 Å². The first-order valence-electron chi connectivity index (χ1n) is 15.0. The maximum atomic E-state index is 12.6. The molecule has 0 aromatic rings. The summed E-state index contributed by atoms with van der Waals surface area (Å²) < 4.78 is 11.3. The molecule has 2 rings (SSSR count). The number of ether oxygens (including phenoxy) is 2. The van der Waals surface area contributed by atoms with Gasteiger partial charge in [0.15, 0.2) is 0 Å². The van der Waals surface area contributed by atoms with Crippen molar-refractivity contribution in [3.8, 4) is 0 Å². The highest BCUT2D eigenvalue weighted by molar-refractivity contribution is 5.88. The summed E-state index contributed by atoms with van der Waals surface area (Å²) in [4.78, 5) is 24.8. The number of carbonyl (C=O) groups excluding carboxylic acids is 2. The number of hydrogen-bond acceptors (Lipinski definition) is 6. The standard InChI is InChI=1S/C32H54O6/c1-6-7-8-9-25-10-12-27(13-11-25)28-14-16-29(17-15-28)32(5,21-37-30(35)23(2)3)22-38-31(36)24(4)18-26(19-33)20-34/h25-29,33-34H,2,4,6-22H2,1,3,5H3. The number of aliphatic hydroxyl groups is 2. The van der Waals surface area contributed by atoms with Gasteiger partial charge in [0.1, 0.15) is 13.2 Å². The van der Waals surface area contributed by atoms with Crippen molar-refractivity contribution in [2.75, 3.05) is 26.4 Å². The minimum absolute atomic E-state index is 0.134. The third-order valence-corrected chi connectivity index (χ3v) is 9.29. The van der Waals surface area contributed by atoms with E-state index in [0.29, 0.717) is 5.57 Å². The number of carbonyl (C=O) groups is 2. The number of hydrogen-bond donors (Lipinski definition) is 2. The SMILES string of the molecule is C=C(C)C(=O)OCC(C)(COC(=O)C(=C)CC(CO)CO)C1CCC(C2CCC(CCCCC)CC2)CC1. The quantitative estimate of drug-likeness (QED) is 0.135. The highest BCUT2D eigenvalue weighted by atomic mass is 16.5. The lowest BCUT2D eigenvalue weighted by atomic mass is 9.64. The minimum atomic E-state index is -0.529. The van der Waals surface area contributed by atoms with Crippen LogP contribution in [0.2, 0.25) is 0 Å². The van der Waals surface area contributed by atoms with Gasteiger partial charge in [-0.05, 0) is 75.5 Å². The zero-order valence-corrected chi connectivity index (χ0v) is 24.3. The third kappa shape index (κ3) is 10.1. The van der Waals surface area contributed by atoms with Gasteiger partial charge in [-0.2, -0.15) is 0 Å². The Labute approximate surface area is 231 Å². The molecule has 0 aliphatic heterocycles. The minimum Gasteiger partial charge on any atom is -0.462 e. The zero-order chi connectivity index (χ0) is 28.1. The van der Waals surface area contributed by atoms with Crippen molar-refractivity contribution < 1.29 is 29.3 Å². The van der Waals surface area contributed by atoms with Crippen LogP contribution in [0.3, 0.4) is 0 Å². The molecule has 0 saturated heterocycles. The van der Waals surface area contributed by atoms with Crippen LogP contribution in [-0.2, 0) is 19.1 Å². The van der Waals surface area contributed by atoms with Crippen LogP contribution < -0.4 is 0 Å². The molecule has 0 bridgehead atoms. The molecule has 0 heterocycles. The Bertz CT molecular complexity index is 756. The van der Waals surface area contributed by atoms with E-state index in [0.717, 1.165) is 30.6 Å². The van der Waals surface area contributed by atoms with Crippen molar-refractivity contribution >= 4 is 11.9 Å². The van der Waals surface area contributed by atoms with Crippen LogP contribution in [0.25, 0.3) is 0 Å². The molecule has 0 amide bonds. The molecule has 38 heavy (non-hydrogen) atoms. The molecule has 0 spiro atoms. The van der Waals surface area contributed by atoms with E-state index >= 15 is 0 Å². The van der Waals surface area contributed by atoms with E-state index in [1.165, 1.54) is 64.2 Å². The maximum Gasteiger partial charge on any atom is 0.333 e. The lowest BCUT2D eigenvalue weighted by Gasteiger charge is -2.43. The van der Waals surface area contributed by atoms with Gasteiger partial charge in [-0.25, -0.2) is 9.59 Å². The molecule has 2 saturated carbocycles. The molecule has 6 heteroatoms. The number of rotatable bonds is 16. The second-order valence-corrected chi connectivity index (χ2v) is 12.5. The highest BCUT2D eigenvalue weighted by Crippen LogP contribution is 2.46. The number of aliphatic hydroxyl groups excluding tert-OH is 2. The molecule has 6 nitrogen and oxygen atoms in total. The molecule has 218 valence electrons. The lowest BCUT2D eigenvalue weighted by Crippen LogP contribution is -2.41. The van der Waals surface area contributed by atoms with Gasteiger partial charge in [-0.1, -0.05) is 65.5 Å². The van der Waals surface area contributed by atoms with Crippen molar-refractivity contribution in [1.82, 2.24) is 0 Å². The summed E-state index contributed by atoms with van der Waals surface area (Å²) in [6.45, 7) is 13.3. The lowest BCUT2D eigenvalue weighted by molar-refractivity contribution is -0.152. The molecule has 1 unspecified atom stereocenters. The Kier molecular flexibility index (Phi) is 14.1. The van der Waals surface area contributed by atoms with Crippen LogP contribution >= 0.6 is 0 Å². The van der Waals surface area contributed by atoms with Gasteiger partial charge in [0, 0.05) is 35.7 Å². The predicted molar refractivity (Wildman–Crippen MR) is 151 cm³/mol. The summed E-state index contributed by atoms with van der Waals surface area (Å²) in [7, 11) is 0. The molecular weight excluding hydrogens is 480 g/mol. The first kappa shape index (κ1) is 32.6. The third-order valence-electron chi connectivity index (χ3n) is 9.29. The summed E-state index contributed by atoms with van der Waals surface area (Å²) in [6, 6.07) is 0. The second kappa shape index (κ2) is 16.4. The first-order valence-corrected chi connectivity index (χ1v) is 15.0. The van der Waals surface area contributed by atoms with Crippen molar-refractivity contribution in [1.29, 1.82) is 0 Å². The second-order valence-electron chi connectivity index (χ2n) is 12.5. The summed E-state index contributed by atoms with van der Waals surface area (Å²) in [5, 5.41) is 18.6. The smallest absolute Gasteiger partial charge is 0.333 e. The van der Waals surface area contributed by atoms with Gasteiger partial charge >= 0.3 is 11.9 Å². The van der Waals surface area contributed by atoms with Crippen molar-refractivity contribution in [2.45, 2.75) is 104 Å². The van der Waals surface area contributed by atoms with Gasteiger partial charge < -0.3 is 19.7 Å². The van der Waals surface area contributed by atoms with E-state index in [4.69, 9.17) is 9.47 Å². The van der Waals surface area contributed by atoms with Gasteiger partial charge in [0.25, 0.3) is 0 Å². The fourth-order valence-corrected chi connectivity index (χ4v) is 6.50. The highest BCUT2D eigenvalue weighted by Gasteiger charge is 2.41. The van der Waals surface area contributed by atoms with E-state index < -0.39 is 23.3 Å². The molecule has 2 fully saturated rings. The number of unbranched alkanes of at least 4 members (excludes halogenated alkanes) is 2. The largest absolute Gasteiger partial charge is 0.462 e. The maximum absolute atomic E-state index is 12.6. The summed E-state index contributed by atoms with van der Waals surface area (Å²) in [6.07, 6.45) is 15.5. The monoisotopic (exact) mass is 534 g/mol. The van der Waals surface area contributed by atoms with Crippen molar-refractivity contribution in [3.63, 3.8) is 0 Å². The van der Waals surface area contributed by atoms with Crippen LogP contribution in [0, 0.1) is 35.0 Å². The van der Waals surface area contributed by atoms with Gasteiger partial charge in [0.2, 0.25) is 0 Å². The average molecular weight is 535 g/mol. The van der Waals surface area contributed by atoms with Crippen LogP contribution in [0.1, 0.15) is 104 Å². The molecule has 2 aliphatic carbocycles. The van der Waals surface area contributed by atoms with E-state index in [1.54, 1.807) is 6.92 Å². The Balaban J connectivity index is 1.93. The normalized spacial score (nSPS) is 25.4. The summed E-state index contributed by atoms with van der Waals surface area (Å²) in [5.41, 5.74) is 0.0789.